The summed E-state index contributed by atoms with van der Waals surface area (Å²) in [4.78, 5) is 14.3. The molecule has 1 aliphatic heterocycles. The molecule has 0 bridgehead atoms. The number of rotatable bonds is 5. The van der Waals surface area contributed by atoms with Crippen molar-refractivity contribution in [1.82, 2.24) is 14.5 Å². The monoisotopic (exact) mass is 341 g/mol. The van der Waals surface area contributed by atoms with Crippen LogP contribution in [-0.4, -0.2) is 70.1 Å². The molecular formula is C15H23N3O4S. The van der Waals surface area contributed by atoms with Gasteiger partial charge in [-0.2, -0.15) is 4.31 Å². The van der Waals surface area contributed by atoms with Crippen molar-refractivity contribution < 1.29 is 17.9 Å². The van der Waals surface area contributed by atoms with Crippen molar-refractivity contribution in [1.29, 1.82) is 0 Å². The van der Waals surface area contributed by atoms with Crippen molar-refractivity contribution in [3.8, 4) is 5.75 Å². The van der Waals surface area contributed by atoms with Crippen molar-refractivity contribution in [2.45, 2.75) is 6.04 Å². The Labute approximate surface area is 137 Å². The summed E-state index contributed by atoms with van der Waals surface area (Å²) in [6.45, 7) is 1.65. The van der Waals surface area contributed by atoms with Crippen LogP contribution in [0.15, 0.2) is 24.3 Å². The second-order valence-corrected chi connectivity index (χ2v) is 7.66. The number of sulfonamides is 1. The molecule has 0 spiro atoms. The third kappa shape index (κ3) is 4.21. The molecule has 128 valence electrons. The average molecular weight is 341 g/mol. The minimum atomic E-state index is -3.39. The zero-order valence-corrected chi connectivity index (χ0v) is 14.5. The number of nitrogens with one attached hydrogen (secondary N) is 1. The third-order valence-electron chi connectivity index (χ3n) is 3.99. The van der Waals surface area contributed by atoms with Gasteiger partial charge in [0.2, 0.25) is 15.9 Å². The van der Waals surface area contributed by atoms with Gasteiger partial charge in [-0.3, -0.25) is 4.79 Å². The summed E-state index contributed by atoms with van der Waals surface area (Å²) in [7, 11) is -0.380. The fraction of sp³-hybridized carbons (Fsp3) is 0.533. The number of amides is 1. The number of nitrogens with zero attached hydrogens (tertiary/aromatic N) is 2. The number of methoxy groups -OCH3 is 1. The lowest BCUT2D eigenvalue weighted by molar-refractivity contribution is -0.134. The van der Waals surface area contributed by atoms with Crippen LogP contribution < -0.4 is 10.1 Å². The van der Waals surface area contributed by atoms with E-state index >= 15 is 0 Å². The van der Waals surface area contributed by atoms with Gasteiger partial charge in [0.1, 0.15) is 5.75 Å². The van der Waals surface area contributed by atoms with Crippen molar-refractivity contribution in [2.24, 2.45) is 0 Å². The predicted octanol–water partition coefficient (Wildman–Crippen LogP) is 0.0595. The largest absolute Gasteiger partial charge is 0.496 e. The number of carbonyl (C=O) groups excluding carboxylic acids is 1. The number of hydrogen-bond acceptors (Lipinski definition) is 5. The fourth-order valence-corrected chi connectivity index (χ4v) is 2.97. The first-order valence-corrected chi connectivity index (χ1v) is 9.24. The van der Waals surface area contributed by atoms with Gasteiger partial charge in [-0.05, 0) is 6.07 Å². The minimum Gasteiger partial charge on any atom is -0.496 e. The van der Waals surface area contributed by atoms with Crippen molar-refractivity contribution >= 4 is 15.9 Å². The number of benzene rings is 1. The number of likely N-dealkylation sites (N-methyl/N-ethyl adjacent to an activating group) is 1. The molecule has 1 aliphatic rings. The quantitative estimate of drug-likeness (QED) is 0.819. The molecule has 1 aromatic carbocycles. The fourth-order valence-electron chi connectivity index (χ4n) is 2.62. The highest BCUT2D eigenvalue weighted by Crippen LogP contribution is 2.30. The van der Waals surface area contributed by atoms with Crippen LogP contribution in [0.5, 0.6) is 5.75 Å². The van der Waals surface area contributed by atoms with E-state index in [1.165, 1.54) is 7.05 Å². The second kappa shape index (κ2) is 7.29. The Hall–Kier alpha value is -1.64. The van der Waals surface area contributed by atoms with Gasteiger partial charge in [-0.1, -0.05) is 18.2 Å². The highest BCUT2D eigenvalue weighted by atomic mass is 32.2. The maximum atomic E-state index is 12.6. The molecule has 23 heavy (non-hydrogen) atoms. The maximum absolute atomic E-state index is 12.6. The number of carbonyl (C=O) groups is 1. The van der Waals surface area contributed by atoms with Crippen LogP contribution in [0.3, 0.4) is 0 Å². The summed E-state index contributed by atoms with van der Waals surface area (Å²) >= 11 is 0. The summed E-state index contributed by atoms with van der Waals surface area (Å²) < 4.78 is 29.5. The summed E-state index contributed by atoms with van der Waals surface area (Å²) in [6, 6.07) is 7.38. The topological polar surface area (TPSA) is 79.0 Å². The number of hydrogen-bond donors (Lipinski definition) is 1. The van der Waals surface area contributed by atoms with Crippen molar-refractivity contribution in [3.05, 3.63) is 29.8 Å². The van der Waals surface area contributed by atoms with Gasteiger partial charge in [0.05, 0.1) is 26.0 Å². The van der Waals surface area contributed by atoms with Gasteiger partial charge in [0.15, 0.2) is 0 Å². The molecular weight excluding hydrogens is 318 g/mol. The molecule has 1 unspecified atom stereocenters. The van der Waals surface area contributed by atoms with Crippen LogP contribution in [-0.2, 0) is 14.8 Å². The molecule has 1 atom stereocenters. The molecule has 7 nitrogen and oxygen atoms in total. The van der Waals surface area contributed by atoms with E-state index in [-0.39, 0.29) is 18.5 Å². The lowest BCUT2D eigenvalue weighted by Gasteiger charge is -2.37. The van der Waals surface area contributed by atoms with E-state index in [0.29, 0.717) is 19.6 Å². The Balaban J connectivity index is 2.23. The Bertz CT molecular complexity index is 662. The van der Waals surface area contributed by atoms with Crippen LogP contribution in [0.25, 0.3) is 0 Å². The highest BCUT2D eigenvalue weighted by molar-refractivity contribution is 7.88. The van der Waals surface area contributed by atoms with Crippen LogP contribution in [0.2, 0.25) is 0 Å². The van der Waals surface area contributed by atoms with E-state index in [9.17, 15) is 13.2 Å². The molecule has 1 saturated heterocycles. The standard InChI is InChI=1S/C15H23N3O4S/c1-17(23(3,20)21)11-15(19)18-9-8-16-10-13(18)12-6-4-5-7-14(12)22-2/h4-7,13,16H,8-11H2,1-3H3. The molecule has 1 heterocycles. The maximum Gasteiger partial charge on any atom is 0.238 e. The van der Waals surface area contributed by atoms with Gasteiger partial charge in [0, 0.05) is 32.2 Å². The number of ether oxygens (including phenoxy) is 1. The molecule has 0 radical (unpaired) electrons. The molecule has 1 fully saturated rings. The molecule has 8 heteroatoms. The van der Waals surface area contributed by atoms with Crippen molar-refractivity contribution in [2.75, 3.05) is 46.6 Å². The molecule has 2 rings (SSSR count). The van der Waals surface area contributed by atoms with Gasteiger partial charge < -0.3 is 15.0 Å². The van der Waals surface area contributed by atoms with Gasteiger partial charge in [0.25, 0.3) is 0 Å². The zero-order valence-electron chi connectivity index (χ0n) is 13.7. The summed E-state index contributed by atoms with van der Waals surface area (Å²) in [6.07, 6.45) is 1.09. The third-order valence-corrected chi connectivity index (χ3v) is 5.25. The molecule has 0 saturated carbocycles. The summed E-state index contributed by atoms with van der Waals surface area (Å²) in [5.74, 6) is 0.505. The molecule has 0 aromatic heterocycles. The highest BCUT2D eigenvalue weighted by Gasteiger charge is 2.31. The molecule has 0 aliphatic carbocycles. The van der Waals surface area contributed by atoms with Crippen LogP contribution in [0, 0.1) is 0 Å². The Morgan fingerprint density at radius 2 is 2.13 bits per heavy atom. The summed E-state index contributed by atoms with van der Waals surface area (Å²) in [5, 5.41) is 3.27. The number of para-hydroxylation sites is 1. The Morgan fingerprint density at radius 1 is 1.43 bits per heavy atom. The SMILES string of the molecule is COc1ccccc1C1CNCCN1C(=O)CN(C)S(C)(=O)=O. The van der Waals surface area contributed by atoms with E-state index in [1.54, 1.807) is 12.0 Å². The van der Waals surface area contributed by atoms with E-state index in [4.69, 9.17) is 4.74 Å². The zero-order chi connectivity index (χ0) is 17.0. The first-order chi connectivity index (χ1) is 10.8. The first kappa shape index (κ1) is 17.7. The Kier molecular flexibility index (Phi) is 5.61. The normalized spacial score (nSPS) is 19.0. The van der Waals surface area contributed by atoms with E-state index in [0.717, 1.165) is 21.9 Å². The van der Waals surface area contributed by atoms with Crippen molar-refractivity contribution in [3.63, 3.8) is 0 Å². The molecule has 1 N–H and O–H groups in total. The minimum absolute atomic E-state index is 0.162. The van der Waals surface area contributed by atoms with Crippen LogP contribution in [0.1, 0.15) is 11.6 Å². The molecule has 1 amide bonds. The number of piperazine rings is 1. The second-order valence-electron chi connectivity index (χ2n) is 5.57. The molecule has 1 aromatic rings. The van der Waals surface area contributed by atoms with E-state index in [1.807, 2.05) is 24.3 Å². The van der Waals surface area contributed by atoms with E-state index in [2.05, 4.69) is 5.32 Å². The van der Waals surface area contributed by atoms with Crippen LogP contribution in [0.4, 0.5) is 0 Å². The van der Waals surface area contributed by atoms with Crippen LogP contribution >= 0.6 is 0 Å². The van der Waals surface area contributed by atoms with Gasteiger partial charge in [-0.15, -0.1) is 0 Å². The average Bonchev–Trinajstić information content (AvgIpc) is 2.53. The van der Waals surface area contributed by atoms with Gasteiger partial charge >= 0.3 is 0 Å². The summed E-state index contributed by atoms with van der Waals surface area (Å²) in [5.41, 5.74) is 0.914. The lowest BCUT2D eigenvalue weighted by Crippen LogP contribution is -2.51. The first-order valence-electron chi connectivity index (χ1n) is 7.39. The Morgan fingerprint density at radius 3 is 2.78 bits per heavy atom. The lowest BCUT2D eigenvalue weighted by atomic mass is 10.0. The van der Waals surface area contributed by atoms with E-state index < -0.39 is 10.0 Å². The smallest absolute Gasteiger partial charge is 0.238 e. The van der Waals surface area contributed by atoms with Gasteiger partial charge in [-0.25, -0.2) is 8.42 Å². The predicted molar refractivity (Wildman–Crippen MR) is 87.8 cm³/mol.